The van der Waals surface area contributed by atoms with Gasteiger partial charge in [-0.2, -0.15) is 10.1 Å². The number of carbonyl (C=O) groups excluding carboxylic acids is 1. The van der Waals surface area contributed by atoms with Crippen molar-refractivity contribution in [1.82, 2.24) is 30.7 Å². The van der Waals surface area contributed by atoms with Crippen molar-refractivity contribution in [2.45, 2.75) is 19.9 Å². The number of rotatable bonds is 7. The van der Waals surface area contributed by atoms with Crippen molar-refractivity contribution in [1.29, 1.82) is 0 Å². The van der Waals surface area contributed by atoms with Gasteiger partial charge in [-0.15, -0.1) is 5.10 Å². The lowest BCUT2D eigenvalue weighted by Gasteiger charge is -2.11. The Bertz CT molecular complexity index is 1180. The molecule has 0 radical (unpaired) electrons. The predicted octanol–water partition coefficient (Wildman–Crippen LogP) is 3.65. The second kappa shape index (κ2) is 8.42. The molecule has 0 bridgehead atoms. The van der Waals surface area contributed by atoms with Crippen LogP contribution in [0.3, 0.4) is 0 Å². The fourth-order valence-electron chi connectivity index (χ4n) is 2.87. The van der Waals surface area contributed by atoms with Crippen molar-refractivity contribution in [3.05, 3.63) is 47.6 Å². The lowest BCUT2D eigenvalue weighted by molar-refractivity contribution is -0.123. The zero-order chi connectivity index (χ0) is 21.1. The highest BCUT2D eigenvalue weighted by Crippen LogP contribution is 2.29. The van der Waals surface area contributed by atoms with E-state index in [0.717, 1.165) is 22.2 Å². The molecule has 4 N–H and O–H groups in total. The molecule has 4 aromatic rings. The number of hydrogen-bond donors (Lipinski definition) is 4. The maximum atomic E-state index is 11.7. The van der Waals surface area contributed by atoms with Gasteiger partial charge < -0.3 is 15.4 Å². The molecular formula is C20H20ClN7O2. The Morgan fingerprint density at radius 3 is 2.87 bits per heavy atom. The number of amides is 1. The standard InChI is InChI=1S/C20H20ClN7O2/c1-11(2)23-18(29)10-30-17-6-3-12(8-15(17)21)19-25-20(28-27-19)24-14-4-5-16-13(7-14)9-22-26-16/h3-9,11H,10H2,1-2H3,(H,22,26)(H,23,29)(H2,24,25,27,28). The molecule has 0 saturated heterocycles. The van der Waals surface area contributed by atoms with Crippen molar-refractivity contribution in [2.24, 2.45) is 0 Å². The second-order valence-electron chi connectivity index (χ2n) is 6.96. The first-order valence-electron chi connectivity index (χ1n) is 9.32. The Morgan fingerprint density at radius 1 is 1.20 bits per heavy atom. The molecule has 1 amide bonds. The fraction of sp³-hybridized carbons (Fsp3) is 0.200. The van der Waals surface area contributed by atoms with Gasteiger partial charge in [0, 0.05) is 22.7 Å². The number of benzene rings is 2. The molecule has 0 aliphatic carbocycles. The highest BCUT2D eigenvalue weighted by molar-refractivity contribution is 6.32. The van der Waals surface area contributed by atoms with Crippen LogP contribution in [0.4, 0.5) is 11.6 Å². The van der Waals surface area contributed by atoms with E-state index < -0.39 is 0 Å². The van der Waals surface area contributed by atoms with Gasteiger partial charge in [-0.25, -0.2) is 0 Å². The number of nitrogens with zero attached hydrogens (tertiary/aromatic N) is 3. The van der Waals surface area contributed by atoms with Crippen molar-refractivity contribution < 1.29 is 9.53 Å². The molecule has 154 valence electrons. The van der Waals surface area contributed by atoms with Crippen LogP contribution < -0.4 is 15.4 Å². The van der Waals surface area contributed by atoms with Gasteiger partial charge in [-0.1, -0.05) is 11.6 Å². The van der Waals surface area contributed by atoms with Crippen LogP contribution in [0, 0.1) is 0 Å². The number of nitrogens with one attached hydrogen (secondary N) is 4. The van der Waals surface area contributed by atoms with Gasteiger partial charge in [0.15, 0.2) is 12.4 Å². The summed E-state index contributed by atoms with van der Waals surface area (Å²) in [5.74, 6) is 1.19. The van der Waals surface area contributed by atoms with Crippen LogP contribution in [0.2, 0.25) is 5.02 Å². The van der Waals surface area contributed by atoms with E-state index in [0.29, 0.717) is 22.5 Å². The number of aromatic nitrogens is 5. The average Bonchev–Trinajstić information content (AvgIpc) is 3.35. The Kier molecular flexibility index (Phi) is 5.53. The molecule has 4 rings (SSSR count). The van der Waals surface area contributed by atoms with E-state index in [4.69, 9.17) is 16.3 Å². The number of carbonyl (C=O) groups is 1. The number of fused-ring (bicyclic) bond motifs is 1. The number of halogens is 1. The summed E-state index contributed by atoms with van der Waals surface area (Å²) in [6.07, 6.45) is 1.75. The third kappa shape index (κ3) is 4.52. The minimum absolute atomic E-state index is 0.0507. The third-order valence-electron chi connectivity index (χ3n) is 4.20. The molecule has 2 heterocycles. The van der Waals surface area contributed by atoms with E-state index in [1.807, 2.05) is 32.0 Å². The predicted molar refractivity (Wildman–Crippen MR) is 115 cm³/mol. The molecule has 0 aliphatic rings. The smallest absolute Gasteiger partial charge is 0.258 e. The number of aromatic amines is 2. The monoisotopic (exact) mass is 425 g/mol. The summed E-state index contributed by atoms with van der Waals surface area (Å²) in [6, 6.07) is 11.0. The Hall–Kier alpha value is -3.59. The molecule has 10 heteroatoms. The van der Waals surface area contributed by atoms with Gasteiger partial charge in [0.1, 0.15) is 5.75 Å². The van der Waals surface area contributed by atoms with Crippen LogP contribution in [0.25, 0.3) is 22.3 Å². The zero-order valence-corrected chi connectivity index (χ0v) is 17.1. The SMILES string of the molecule is CC(C)NC(=O)COc1ccc(-c2nc(Nc3ccc4[nH]ncc4c3)n[nH]2)cc1Cl. The van der Waals surface area contributed by atoms with E-state index in [-0.39, 0.29) is 18.6 Å². The van der Waals surface area contributed by atoms with E-state index in [2.05, 4.69) is 36.0 Å². The maximum absolute atomic E-state index is 11.7. The Labute approximate surface area is 177 Å². The van der Waals surface area contributed by atoms with Gasteiger partial charge in [0.2, 0.25) is 5.95 Å². The largest absolute Gasteiger partial charge is 0.482 e. The Morgan fingerprint density at radius 2 is 2.07 bits per heavy atom. The molecule has 9 nitrogen and oxygen atoms in total. The summed E-state index contributed by atoms with van der Waals surface area (Å²) < 4.78 is 5.49. The molecule has 0 aliphatic heterocycles. The van der Waals surface area contributed by atoms with Crippen LogP contribution in [0.5, 0.6) is 5.75 Å². The van der Waals surface area contributed by atoms with Gasteiger partial charge in [0.25, 0.3) is 5.91 Å². The van der Waals surface area contributed by atoms with Gasteiger partial charge in [0.05, 0.1) is 16.7 Å². The molecular weight excluding hydrogens is 406 g/mol. The second-order valence-corrected chi connectivity index (χ2v) is 7.37. The van der Waals surface area contributed by atoms with Crippen LogP contribution >= 0.6 is 11.6 Å². The van der Waals surface area contributed by atoms with Gasteiger partial charge in [-0.05, 0) is 50.2 Å². The van der Waals surface area contributed by atoms with Gasteiger partial charge in [-0.3, -0.25) is 15.0 Å². The quantitative estimate of drug-likeness (QED) is 0.358. The molecule has 0 atom stereocenters. The van der Waals surface area contributed by atoms with E-state index >= 15 is 0 Å². The normalized spacial score (nSPS) is 11.1. The summed E-state index contributed by atoms with van der Waals surface area (Å²) in [6.45, 7) is 3.67. The third-order valence-corrected chi connectivity index (χ3v) is 4.49. The van der Waals surface area contributed by atoms with Crippen molar-refractivity contribution in [3.8, 4) is 17.1 Å². The van der Waals surface area contributed by atoms with E-state index in [9.17, 15) is 4.79 Å². The topological polar surface area (TPSA) is 121 Å². The number of H-pyrrole nitrogens is 2. The summed E-state index contributed by atoms with van der Waals surface area (Å²) in [4.78, 5) is 16.2. The number of anilines is 2. The molecule has 2 aromatic carbocycles. The minimum Gasteiger partial charge on any atom is -0.482 e. The molecule has 0 fully saturated rings. The minimum atomic E-state index is -0.204. The van der Waals surface area contributed by atoms with E-state index in [1.54, 1.807) is 24.4 Å². The maximum Gasteiger partial charge on any atom is 0.258 e. The fourth-order valence-corrected chi connectivity index (χ4v) is 3.10. The van der Waals surface area contributed by atoms with Gasteiger partial charge >= 0.3 is 0 Å². The molecule has 0 unspecified atom stereocenters. The van der Waals surface area contributed by atoms with Crippen molar-refractivity contribution in [3.63, 3.8) is 0 Å². The van der Waals surface area contributed by atoms with Crippen LogP contribution in [0.15, 0.2) is 42.6 Å². The highest BCUT2D eigenvalue weighted by Gasteiger charge is 2.11. The summed E-state index contributed by atoms with van der Waals surface area (Å²) in [7, 11) is 0. The number of hydrogen-bond acceptors (Lipinski definition) is 6. The first-order valence-corrected chi connectivity index (χ1v) is 9.70. The van der Waals surface area contributed by atoms with Crippen LogP contribution in [-0.2, 0) is 4.79 Å². The highest BCUT2D eigenvalue weighted by atomic mass is 35.5. The van der Waals surface area contributed by atoms with E-state index in [1.165, 1.54) is 0 Å². The molecule has 0 spiro atoms. The van der Waals surface area contributed by atoms with Crippen molar-refractivity contribution >= 4 is 40.0 Å². The summed E-state index contributed by atoms with van der Waals surface area (Å²) in [5.41, 5.74) is 2.54. The molecule has 2 aromatic heterocycles. The zero-order valence-electron chi connectivity index (χ0n) is 16.4. The average molecular weight is 426 g/mol. The first kappa shape index (κ1) is 19.7. The lowest BCUT2D eigenvalue weighted by atomic mass is 10.2. The summed E-state index contributed by atoms with van der Waals surface area (Å²) >= 11 is 6.31. The summed E-state index contributed by atoms with van der Waals surface area (Å²) in [5, 5.41) is 21.3. The number of ether oxygens (including phenoxy) is 1. The van der Waals surface area contributed by atoms with Crippen LogP contribution in [-0.4, -0.2) is 43.9 Å². The Balaban J connectivity index is 1.43. The molecule has 30 heavy (non-hydrogen) atoms. The lowest BCUT2D eigenvalue weighted by Crippen LogP contribution is -2.34. The first-order chi connectivity index (χ1) is 14.5. The molecule has 0 saturated carbocycles. The van der Waals surface area contributed by atoms with Crippen LogP contribution in [0.1, 0.15) is 13.8 Å². The van der Waals surface area contributed by atoms with Crippen molar-refractivity contribution in [2.75, 3.05) is 11.9 Å².